The van der Waals surface area contributed by atoms with Crippen molar-refractivity contribution in [1.29, 1.82) is 5.26 Å². The van der Waals surface area contributed by atoms with Crippen molar-refractivity contribution >= 4 is 0 Å². The number of nitrogens with zero attached hydrogens (tertiary/aromatic N) is 1. The van der Waals surface area contributed by atoms with Gasteiger partial charge in [-0.1, -0.05) is 33.1 Å². The number of rotatable bonds is 6. The molecular formula is C14H26N2. The van der Waals surface area contributed by atoms with Gasteiger partial charge in [0.25, 0.3) is 0 Å². The minimum Gasteiger partial charge on any atom is -0.316 e. The molecule has 0 aromatic rings. The highest BCUT2D eigenvalue weighted by atomic mass is 14.9. The van der Waals surface area contributed by atoms with E-state index in [0.717, 1.165) is 25.4 Å². The van der Waals surface area contributed by atoms with Gasteiger partial charge in [0.2, 0.25) is 0 Å². The third-order valence-corrected chi connectivity index (χ3v) is 3.93. The molecule has 0 unspecified atom stereocenters. The summed E-state index contributed by atoms with van der Waals surface area (Å²) in [5, 5.41) is 12.0. The maximum Gasteiger partial charge on any atom is 0.0622 e. The number of nitrogens with one attached hydrogen (secondary N) is 1. The molecule has 0 aromatic heterocycles. The number of hydrogen-bond acceptors (Lipinski definition) is 2. The average Bonchev–Trinajstić information content (AvgIpc) is 2.30. The first kappa shape index (κ1) is 13.5. The first-order valence-corrected chi connectivity index (χ1v) is 6.74. The van der Waals surface area contributed by atoms with Gasteiger partial charge in [-0.2, -0.15) is 5.26 Å². The van der Waals surface area contributed by atoms with E-state index in [1.807, 2.05) is 0 Å². The van der Waals surface area contributed by atoms with Gasteiger partial charge in [0.1, 0.15) is 0 Å². The fourth-order valence-corrected chi connectivity index (χ4v) is 2.73. The van der Waals surface area contributed by atoms with Gasteiger partial charge in [0.05, 0.1) is 6.07 Å². The minimum absolute atomic E-state index is 0.424. The molecule has 92 valence electrons. The van der Waals surface area contributed by atoms with Gasteiger partial charge < -0.3 is 5.32 Å². The zero-order valence-corrected chi connectivity index (χ0v) is 10.9. The summed E-state index contributed by atoms with van der Waals surface area (Å²) in [5.74, 6) is 0.893. The average molecular weight is 222 g/mol. The second-order valence-electron chi connectivity index (χ2n) is 5.76. The Labute approximate surface area is 100 Å². The largest absolute Gasteiger partial charge is 0.316 e. The first-order chi connectivity index (χ1) is 7.67. The van der Waals surface area contributed by atoms with E-state index in [1.54, 1.807) is 0 Å². The molecule has 2 heteroatoms. The van der Waals surface area contributed by atoms with E-state index in [9.17, 15) is 0 Å². The molecule has 0 heterocycles. The standard InChI is InChI=1S/C14H26N2/c1-14(2,12-16-11-7-6-10-15)13-8-4-3-5-9-13/h13,16H,3-9,11-12H2,1-2H3. The minimum atomic E-state index is 0.424. The summed E-state index contributed by atoms with van der Waals surface area (Å²) < 4.78 is 0. The van der Waals surface area contributed by atoms with Crippen LogP contribution < -0.4 is 5.32 Å². The third kappa shape index (κ3) is 4.53. The summed E-state index contributed by atoms with van der Waals surface area (Å²) in [6.07, 6.45) is 8.75. The van der Waals surface area contributed by atoms with Crippen LogP contribution in [0.1, 0.15) is 58.8 Å². The first-order valence-electron chi connectivity index (χ1n) is 6.74. The number of nitriles is 1. The predicted molar refractivity (Wildman–Crippen MR) is 68.1 cm³/mol. The van der Waals surface area contributed by atoms with Crippen molar-refractivity contribution in [2.24, 2.45) is 11.3 Å². The normalized spacial score (nSPS) is 18.3. The van der Waals surface area contributed by atoms with E-state index in [-0.39, 0.29) is 0 Å². The highest BCUT2D eigenvalue weighted by Gasteiger charge is 2.29. The highest BCUT2D eigenvalue weighted by Crippen LogP contribution is 2.37. The van der Waals surface area contributed by atoms with Crippen molar-refractivity contribution in [3.8, 4) is 6.07 Å². The second-order valence-corrected chi connectivity index (χ2v) is 5.76. The third-order valence-electron chi connectivity index (χ3n) is 3.93. The van der Waals surface area contributed by atoms with Crippen LogP contribution in [0.2, 0.25) is 0 Å². The van der Waals surface area contributed by atoms with Crippen molar-refractivity contribution in [3.05, 3.63) is 0 Å². The van der Waals surface area contributed by atoms with Crippen LogP contribution >= 0.6 is 0 Å². The predicted octanol–water partition coefficient (Wildman–Crippen LogP) is 3.49. The Morgan fingerprint density at radius 1 is 1.25 bits per heavy atom. The fraction of sp³-hybridized carbons (Fsp3) is 0.929. The number of hydrogen-bond donors (Lipinski definition) is 1. The van der Waals surface area contributed by atoms with E-state index < -0.39 is 0 Å². The molecule has 1 saturated carbocycles. The van der Waals surface area contributed by atoms with Crippen LogP contribution in [-0.4, -0.2) is 13.1 Å². The topological polar surface area (TPSA) is 35.8 Å². The monoisotopic (exact) mass is 222 g/mol. The lowest BCUT2D eigenvalue weighted by atomic mass is 9.71. The summed E-state index contributed by atoms with van der Waals surface area (Å²) >= 11 is 0. The van der Waals surface area contributed by atoms with Crippen LogP contribution in [0, 0.1) is 22.7 Å². The summed E-state index contributed by atoms with van der Waals surface area (Å²) in [4.78, 5) is 0. The van der Waals surface area contributed by atoms with E-state index in [1.165, 1.54) is 32.1 Å². The van der Waals surface area contributed by atoms with Crippen LogP contribution in [0.3, 0.4) is 0 Å². The van der Waals surface area contributed by atoms with Gasteiger partial charge in [-0.25, -0.2) is 0 Å². The van der Waals surface area contributed by atoms with E-state index in [0.29, 0.717) is 11.8 Å². The Morgan fingerprint density at radius 3 is 2.56 bits per heavy atom. The molecule has 0 bridgehead atoms. The van der Waals surface area contributed by atoms with Crippen molar-refractivity contribution < 1.29 is 0 Å². The smallest absolute Gasteiger partial charge is 0.0622 e. The van der Waals surface area contributed by atoms with E-state index >= 15 is 0 Å². The van der Waals surface area contributed by atoms with Crippen molar-refractivity contribution in [1.82, 2.24) is 5.32 Å². The quantitative estimate of drug-likeness (QED) is 0.698. The Morgan fingerprint density at radius 2 is 1.94 bits per heavy atom. The number of unbranched alkanes of at least 4 members (excludes halogenated alkanes) is 1. The fourth-order valence-electron chi connectivity index (χ4n) is 2.73. The molecule has 0 amide bonds. The molecule has 1 fully saturated rings. The Bertz CT molecular complexity index is 221. The zero-order chi connectivity index (χ0) is 11.9. The maximum absolute atomic E-state index is 8.45. The van der Waals surface area contributed by atoms with Gasteiger partial charge in [0, 0.05) is 13.0 Å². The van der Waals surface area contributed by atoms with Crippen molar-refractivity contribution in [2.75, 3.05) is 13.1 Å². The molecule has 0 atom stereocenters. The molecule has 2 nitrogen and oxygen atoms in total. The van der Waals surface area contributed by atoms with Crippen LogP contribution in [-0.2, 0) is 0 Å². The van der Waals surface area contributed by atoms with Crippen LogP contribution in [0.15, 0.2) is 0 Å². The summed E-state index contributed by atoms with van der Waals surface area (Å²) in [6.45, 7) is 6.87. The Hall–Kier alpha value is -0.550. The molecule has 0 aromatic carbocycles. The second kappa shape index (κ2) is 6.91. The van der Waals surface area contributed by atoms with Gasteiger partial charge in [-0.15, -0.1) is 0 Å². The lowest BCUT2D eigenvalue weighted by Gasteiger charge is -2.37. The summed E-state index contributed by atoms with van der Waals surface area (Å²) in [5.41, 5.74) is 0.424. The molecule has 0 aliphatic heterocycles. The molecule has 0 spiro atoms. The molecule has 0 radical (unpaired) electrons. The maximum atomic E-state index is 8.45. The molecule has 1 aliphatic rings. The SMILES string of the molecule is CC(C)(CNCCCC#N)C1CCCCC1. The summed E-state index contributed by atoms with van der Waals surface area (Å²) in [6, 6.07) is 2.19. The van der Waals surface area contributed by atoms with Crippen molar-refractivity contribution in [2.45, 2.75) is 58.8 Å². The molecule has 1 N–H and O–H groups in total. The Balaban J connectivity index is 2.19. The van der Waals surface area contributed by atoms with Crippen LogP contribution in [0.4, 0.5) is 0 Å². The molecule has 1 aliphatic carbocycles. The van der Waals surface area contributed by atoms with E-state index in [4.69, 9.17) is 5.26 Å². The van der Waals surface area contributed by atoms with Crippen LogP contribution in [0.5, 0.6) is 0 Å². The van der Waals surface area contributed by atoms with Gasteiger partial charge in [-0.3, -0.25) is 0 Å². The molecule has 16 heavy (non-hydrogen) atoms. The van der Waals surface area contributed by atoms with Gasteiger partial charge in [0.15, 0.2) is 0 Å². The lowest BCUT2D eigenvalue weighted by molar-refractivity contribution is 0.154. The summed E-state index contributed by atoms with van der Waals surface area (Å²) in [7, 11) is 0. The van der Waals surface area contributed by atoms with Gasteiger partial charge >= 0.3 is 0 Å². The van der Waals surface area contributed by atoms with E-state index in [2.05, 4.69) is 25.2 Å². The molecule has 1 rings (SSSR count). The zero-order valence-electron chi connectivity index (χ0n) is 10.9. The van der Waals surface area contributed by atoms with Gasteiger partial charge in [-0.05, 0) is 37.1 Å². The highest BCUT2D eigenvalue weighted by molar-refractivity contribution is 4.83. The Kier molecular flexibility index (Phi) is 5.84. The molecular weight excluding hydrogens is 196 g/mol. The van der Waals surface area contributed by atoms with Crippen LogP contribution in [0.25, 0.3) is 0 Å². The molecule has 0 saturated heterocycles. The lowest BCUT2D eigenvalue weighted by Crippen LogP contribution is -2.37. The van der Waals surface area contributed by atoms with Crippen molar-refractivity contribution in [3.63, 3.8) is 0 Å².